The first-order valence-corrected chi connectivity index (χ1v) is 6.42. The largest absolute Gasteiger partial charge is 0.481 e. The Morgan fingerprint density at radius 3 is 2.81 bits per heavy atom. The van der Waals surface area contributed by atoms with Gasteiger partial charge < -0.3 is 10.1 Å². The lowest BCUT2D eigenvalue weighted by Gasteiger charge is -2.05. The first-order chi connectivity index (χ1) is 7.66. The molecule has 0 bridgehead atoms. The van der Waals surface area contributed by atoms with Gasteiger partial charge in [0.25, 0.3) is 0 Å². The van der Waals surface area contributed by atoms with Crippen LogP contribution in [0.1, 0.15) is 49.5 Å². The highest BCUT2D eigenvalue weighted by molar-refractivity contribution is 9.10. The van der Waals surface area contributed by atoms with Crippen molar-refractivity contribution in [1.29, 1.82) is 0 Å². The van der Waals surface area contributed by atoms with Gasteiger partial charge in [-0.25, -0.2) is 4.98 Å². The molecule has 1 fully saturated rings. The number of nitrogens with one attached hydrogen (secondary N) is 1. The predicted octanol–water partition coefficient (Wildman–Crippen LogP) is 2.85. The molecule has 0 unspecified atom stereocenters. The normalized spacial score (nSPS) is 16.8. The number of halogens is 1. The van der Waals surface area contributed by atoms with Gasteiger partial charge in [-0.15, -0.1) is 0 Å². The Kier molecular flexibility index (Phi) is 3.63. The van der Waals surface area contributed by atoms with Crippen molar-refractivity contribution in [3.63, 3.8) is 0 Å². The summed E-state index contributed by atoms with van der Waals surface area (Å²) in [5.74, 6) is 0.562. The Morgan fingerprint density at radius 2 is 2.19 bits per heavy atom. The maximum atomic E-state index is 10.5. The summed E-state index contributed by atoms with van der Waals surface area (Å²) in [5, 5.41) is 8.61. The van der Waals surface area contributed by atoms with E-state index in [1.165, 1.54) is 25.7 Å². The number of carboxylic acids is 1. The van der Waals surface area contributed by atoms with E-state index in [-0.39, 0.29) is 6.42 Å². The van der Waals surface area contributed by atoms with Gasteiger partial charge in [-0.3, -0.25) is 4.79 Å². The zero-order valence-electron chi connectivity index (χ0n) is 9.00. The topological polar surface area (TPSA) is 66.0 Å². The van der Waals surface area contributed by atoms with E-state index >= 15 is 0 Å². The molecule has 1 aromatic rings. The summed E-state index contributed by atoms with van der Waals surface area (Å²) in [6, 6.07) is 0. The summed E-state index contributed by atoms with van der Waals surface area (Å²) < 4.78 is 0.861. The van der Waals surface area contributed by atoms with E-state index in [4.69, 9.17) is 5.11 Å². The highest BCUT2D eigenvalue weighted by Crippen LogP contribution is 2.36. The summed E-state index contributed by atoms with van der Waals surface area (Å²) in [4.78, 5) is 18.0. The number of imidazole rings is 1. The van der Waals surface area contributed by atoms with Crippen LogP contribution in [0.5, 0.6) is 0 Å². The number of rotatable bonds is 4. The predicted molar refractivity (Wildman–Crippen MR) is 63.5 cm³/mol. The van der Waals surface area contributed by atoms with E-state index in [9.17, 15) is 4.79 Å². The fourth-order valence-electron chi connectivity index (χ4n) is 2.24. The van der Waals surface area contributed by atoms with Crippen LogP contribution in [0.15, 0.2) is 4.60 Å². The Bertz CT molecular complexity index is 383. The number of aliphatic carboxylic acids is 1. The number of carboxylic acid groups (broad SMARTS) is 1. The molecule has 88 valence electrons. The van der Waals surface area contributed by atoms with E-state index in [2.05, 4.69) is 25.9 Å². The molecule has 2 N–H and O–H groups in total. The van der Waals surface area contributed by atoms with E-state index in [1.54, 1.807) is 0 Å². The Morgan fingerprint density at radius 1 is 1.50 bits per heavy atom. The Hall–Kier alpha value is -0.840. The quantitative estimate of drug-likeness (QED) is 0.894. The number of aromatic nitrogens is 2. The van der Waals surface area contributed by atoms with Crippen molar-refractivity contribution in [3.05, 3.63) is 16.1 Å². The molecule has 1 heterocycles. The minimum atomic E-state index is -0.782. The van der Waals surface area contributed by atoms with E-state index in [0.717, 1.165) is 16.1 Å². The molecule has 0 radical (unpaired) electrons. The third-order valence-electron chi connectivity index (χ3n) is 3.07. The van der Waals surface area contributed by atoms with Crippen LogP contribution in [0.4, 0.5) is 0 Å². The summed E-state index contributed by atoms with van der Waals surface area (Å²) in [6.07, 6.45) is 5.57. The summed E-state index contributed by atoms with van der Waals surface area (Å²) in [7, 11) is 0. The van der Waals surface area contributed by atoms with Crippen LogP contribution >= 0.6 is 15.9 Å². The summed E-state index contributed by atoms with van der Waals surface area (Å²) in [6.45, 7) is 0. The molecule has 0 saturated heterocycles. The molecule has 16 heavy (non-hydrogen) atoms. The molecule has 1 aliphatic rings. The van der Waals surface area contributed by atoms with Crippen molar-refractivity contribution in [1.82, 2.24) is 9.97 Å². The van der Waals surface area contributed by atoms with Crippen molar-refractivity contribution >= 4 is 21.9 Å². The number of hydrogen-bond acceptors (Lipinski definition) is 2. The van der Waals surface area contributed by atoms with Crippen molar-refractivity contribution < 1.29 is 9.90 Å². The first-order valence-electron chi connectivity index (χ1n) is 5.63. The van der Waals surface area contributed by atoms with Crippen LogP contribution in [-0.2, 0) is 11.2 Å². The van der Waals surface area contributed by atoms with Crippen molar-refractivity contribution in [3.8, 4) is 0 Å². The van der Waals surface area contributed by atoms with E-state index < -0.39 is 5.97 Å². The van der Waals surface area contributed by atoms with Gasteiger partial charge in [0.2, 0.25) is 0 Å². The second-order valence-electron chi connectivity index (χ2n) is 4.26. The number of aryl methyl sites for hydroxylation is 1. The maximum Gasteiger partial charge on any atom is 0.303 e. The van der Waals surface area contributed by atoms with Gasteiger partial charge in [-0.05, 0) is 28.8 Å². The minimum Gasteiger partial charge on any atom is -0.481 e. The number of nitrogens with zero attached hydrogens (tertiary/aromatic N) is 1. The summed E-state index contributed by atoms with van der Waals surface area (Å²) >= 11 is 3.44. The van der Waals surface area contributed by atoms with Gasteiger partial charge in [0.05, 0.1) is 12.1 Å². The molecule has 1 saturated carbocycles. The Balaban J connectivity index is 2.05. The molecule has 0 amide bonds. The second-order valence-corrected chi connectivity index (χ2v) is 5.01. The molecular formula is C11H15BrN2O2. The van der Waals surface area contributed by atoms with Crippen LogP contribution in [-0.4, -0.2) is 21.0 Å². The highest BCUT2D eigenvalue weighted by atomic mass is 79.9. The van der Waals surface area contributed by atoms with Crippen molar-refractivity contribution in [2.75, 3.05) is 0 Å². The van der Waals surface area contributed by atoms with Crippen LogP contribution in [0.3, 0.4) is 0 Å². The van der Waals surface area contributed by atoms with Gasteiger partial charge in [0, 0.05) is 12.3 Å². The van der Waals surface area contributed by atoms with Crippen LogP contribution < -0.4 is 0 Å². The van der Waals surface area contributed by atoms with Crippen LogP contribution in [0.2, 0.25) is 0 Å². The highest BCUT2D eigenvalue weighted by Gasteiger charge is 2.22. The zero-order chi connectivity index (χ0) is 11.5. The SMILES string of the molecule is O=C(O)CCc1nc(Br)c(C2CCCC2)[nH]1. The fraction of sp³-hybridized carbons (Fsp3) is 0.636. The third kappa shape index (κ3) is 2.64. The lowest BCUT2D eigenvalue weighted by Crippen LogP contribution is -1.99. The standard InChI is InChI=1S/C11H15BrN2O2/c12-11-10(7-3-1-2-4-7)13-8(14-11)5-6-9(15)16/h7H,1-6H2,(H,13,14)(H,15,16). The molecule has 0 aliphatic heterocycles. The molecule has 5 heteroatoms. The van der Waals surface area contributed by atoms with E-state index in [1.807, 2.05) is 0 Å². The van der Waals surface area contributed by atoms with Gasteiger partial charge in [-0.2, -0.15) is 0 Å². The number of carbonyl (C=O) groups is 1. The number of hydrogen-bond donors (Lipinski definition) is 2. The van der Waals surface area contributed by atoms with Crippen molar-refractivity contribution in [2.45, 2.75) is 44.4 Å². The molecule has 0 aromatic carbocycles. The monoisotopic (exact) mass is 286 g/mol. The lowest BCUT2D eigenvalue weighted by molar-refractivity contribution is -0.137. The van der Waals surface area contributed by atoms with Gasteiger partial charge in [0.1, 0.15) is 10.4 Å². The van der Waals surface area contributed by atoms with Crippen LogP contribution in [0.25, 0.3) is 0 Å². The molecule has 0 spiro atoms. The van der Waals surface area contributed by atoms with Gasteiger partial charge >= 0.3 is 5.97 Å². The molecular weight excluding hydrogens is 272 g/mol. The number of aromatic amines is 1. The van der Waals surface area contributed by atoms with E-state index in [0.29, 0.717) is 12.3 Å². The van der Waals surface area contributed by atoms with Gasteiger partial charge in [0.15, 0.2) is 0 Å². The lowest BCUT2D eigenvalue weighted by atomic mass is 10.1. The average Bonchev–Trinajstić information content (AvgIpc) is 2.83. The minimum absolute atomic E-state index is 0.129. The molecule has 1 aliphatic carbocycles. The molecule has 4 nitrogen and oxygen atoms in total. The number of H-pyrrole nitrogens is 1. The fourth-order valence-corrected chi connectivity index (χ4v) is 2.88. The maximum absolute atomic E-state index is 10.5. The zero-order valence-corrected chi connectivity index (χ0v) is 10.6. The molecule has 2 rings (SSSR count). The first kappa shape index (κ1) is 11.6. The average molecular weight is 287 g/mol. The van der Waals surface area contributed by atoms with Crippen molar-refractivity contribution in [2.24, 2.45) is 0 Å². The van der Waals surface area contributed by atoms with Gasteiger partial charge in [-0.1, -0.05) is 12.8 Å². The summed E-state index contributed by atoms with van der Waals surface area (Å²) in [5.41, 5.74) is 1.15. The second kappa shape index (κ2) is 4.99. The third-order valence-corrected chi connectivity index (χ3v) is 3.68. The Labute approximate surface area is 103 Å². The molecule has 0 atom stereocenters. The smallest absolute Gasteiger partial charge is 0.303 e. The molecule has 1 aromatic heterocycles. The van der Waals surface area contributed by atoms with Crippen LogP contribution in [0, 0.1) is 0 Å².